The smallest absolute Gasteiger partial charge is 0.313 e. The van der Waals surface area contributed by atoms with Crippen LogP contribution >= 0.6 is 0 Å². The number of carboxylic acids is 1. The number of hydrogen-bond acceptors (Lipinski definition) is 5. The third-order valence-corrected chi connectivity index (χ3v) is 6.58. The zero-order chi connectivity index (χ0) is 18.3. The van der Waals surface area contributed by atoms with Crippen molar-refractivity contribution in [2.45, 2.75) is 45.1 Å². The summed E-state index contributed by atoms with van der Waals surface area (Å²) in [6.45, 7) is 3.91. The first-order valence-electron chi connectivity index (χ1n) is 9.54. The van der Waals surface area contributed by atoms with Gasteiger partial charge in [0.2, 0.25) is 0 Å². The van der Waals surface area contributed by atoms with E-state index < -0.39 is 11.4 Å². The van der Waals surface area contributed by atoms with Crippen molar-refractivity contribution in [2.75, 3.05) is 26.2 Å². The van der Waals surface area contributed by atoms with Gasteiger partial charge < -0.3 is 10.0 Å². The lowest BCUT2D eigenvalue weighted by Gasteiger charge is -2.33. The van der Waals surface area contributed by atoms with Crippen molar-refractivity contribution >= 4 is 11.9 Å². The van der Waals surface area contributed by atoms with Gasteiger partial charge in [-0.1, -0.05) is 19.3 Å². The monoisotopic (exact) mass is 358 g/mol. The summed E-state index contributed by atoms with van der Waals surface area (Å²) in [5.41, 5.74) is 0.267. The molecular weight excluding hydrogens is 332 g/mol. The molecule has 4 rings (SSSR count). The van der Waals surface area contributed by atoms with Crippen molar-refractivity contribution in [2.24, 2.45) is 11.3 Å². The minimum atomic E-state index is -0.837. The van der Waals surface area contributed by atoms with E-state index in [4.69, 9.17) is 0 Å². The lowest BCUT2D eigenvalue weighted by Crippen LogP contribution is -2.44. The summed E-state index contributed by atoms with van der Waals surface area (Å²) in [5.74, 6) is -0.921. The van der Waals surface area contributed by atoms with Crippen molar-refractivity contribution < 1.29 is 14.7 Å². The number of carboxylic acid groups (broad SMARTS) is 1. The van der Waals surface area contributed by atoms with Gasteiger partial charge in [0.15, 0.2) is 0 Å². The topological polar surface area (TPSA) is 86.6 Å². The second kappa shape index (κ2) is 6.61. The summed E-state index contributed by atoms with van der Waals surface area (Å²) in [4.78, 5) is 37.2. The van der Waals surface area contributed by atoms with Gasteiger partial charge in [-0.05, 0) is 19.8 Å². The summed E-state index contributed by atoms with van der Waals surface area (Å²) in [6.07, 6.45) is 9.07. The number of fused-ring (bicyclic) bond motifs is 1. The second-order valence-electron chi connectivity index (χ2n) is 8.09. The third-order valence-electron chi connectivity index (χ3n) is 6.58. The molecule has 140 valence electrons. The summed E-state index contributed by atoms with van der Waals surface area (Å²) < 4.78 is 0. The fraction of sp³-hybridized carbons (Fsp3) is 0.684. The van der Waals surface area contributed by atoms with Crippen LogP contribution in [0.15, 0.2) is 12.5 Å². The molecule has 1 aromatic rings. The Morgan fingerprint density at radius 3 is 2.62 bits per heavy atom. The lowest BCUT2D eigenvalue weighted by atomic mass is 9.81. The van der Waals surface area contributed by atoms with Crippen LogP contribution in [0, 0.1) is 18.3 Å². The number of aromatic nitrogens is 2. The maximum absolute atomic E-state index is 12.9. The van der Waals surface area contributed by atoms with E-state index >= 15 is 0 Å². The fourth-order valence-corrected chi connectivity index (χ4v) is 5.06. The molecule has 2 atom stereocenters. The molecule has 1 saturated carbocycles. The molecule has 1 aliphatic carbocycles. The molecule has 7 nitrogen and oxygen atoms in total. The summed E-state index contributed by atoms with van der Waals surface area (Å²) in [6, 6.07) is 0.513. The minimum Gasteiger partial charge on any atom is -0.481 e. The van der Waals surface area contributed by atoms with E-state index in [-0.39, 0.29) is 18.4 Å². The van der Waals surface area contributed by atoms with E-state index in [2.05, 4.69) is 14.9 Å². The van der Waals surface area contributed by atoms with Crippen LogP contribution in [0.25, 0.3) is 0 Å². The highest BCUT2D eigenvalue weighted by Gasteiger charge is 2.59. The molecule has 0 spiro atoms. The number of rotatable bonds is 3. The molecule has 2 aliphatic heterocycles. The van der Waals surface area contributed by atoms with Crippen LogP contribution in [-0.2, 0) is 4.79 Å². The SMILES string of the molecule is Cc1ncncc1C(=O)N1C[C@@H]2CN(C3CCCCC3)C[C@]2(C(=O)O)C1. The first kappa shape index (κ1) is 17.4. The number of aliphatic carboxylic acids is 1. The highest BCUT2D eigenvalue weighted by Crippen LogP contribution is 2.45. The fourth-order valence-electron chi connectivity index (χ4n) is 5.06. The molecule has 0 unspecified atom stereocenters. The van der Waals surface area contributed by atoms with Gasteiger partial charge in [0.1, 0.15) is 11.7 Å². The van der Waals surface area contributed by atoms with Gasteiger partial charge in [0, 0.05) is 44.3 Å². The molecule has 0 bridgehead atoms. The minimum absolute atomic E-state index is 0.00388. The summed E-state index contributed by atoms with van der Waals surface area (Å²) in [7, 11) is 0. The number of likely N-dealkylation sites (tertiary alicyclic amines) is 2. The molecule has 7 heteroatoms. The number of amides is 1. The van der Waals surface area contributed by atoms with Gasteiger partial charge in [-0.2, -0.15) is 0 Å². The average Bonchev–Trinajstić information content (AvgIpc) is 3.18. The van der Waals surface area contributed by atoms with Gasteiger partial charge >= 0.3 is 5.97 Å². The van der Waals surface area contributed by atoms with Gasteiger partial charge in [-0.15, -0.1) is 0 Å². The van der Waals surface area contributed by atoms with E-state index in [9.17, 15) is 14.7 Å². The molecule has 0 radical (unpaired) electrons. The number of aryl methyl sites for hydroxylation is 1. The van der Waals surface area contributed by atoms with Crippen molar-refractivity contribution in [3.05, 3.63) is 23.8 Å². The molecule has 1 N–H and O–H groups in total. The first-order chi connectivity index (χ1) is 12.5. The zero-order valence-corrected chi connectivity index (χ0v) is 15.2. The molecular formula is C19H26N4O3. The average molecular weight is 358 g/mol. The largest absolute Gasteiger partial charge is 0.481 e. The van der Waals surface area contributed by atoms with E-state index in [1.807, 2.05) is 0 Å². The van der Waals surface area contributed by atoms with Gasteiger partial charge in [-0.25, -0.2) is 9.97 Å². The Hall–Kier alpha value is -2.02. The highest BCUT2D eigenvalue weighted by atomic mass is 16.4. The van der Waals surface area contributed by atoms with Crippen molar-refractivity contribution in [3.63, 3.8) is 0 Å². The number of carbonyl (C=O) groups excluding carboxylic acids is 1. The van der Waals surface area contributed by atoms with Gasteiger partial charge in [0.25, 0.3) is 5.91 Å². The van der Waals surface area contributed by atoms with Crippen molar-refractivity contribution in [1.29, 1.82) is 0 Å². The van der Waals surface area contributed by atoms with Crippen LogP contribution in [0.1, 0.15) is 48.2 Å². The van der Waals surface area contributed by atoms with Crippen LogP contribution < -0.4 is 0 Å². The van der Waals surface area contributed by atoms with Crippen LogP contribution in [-0.4, -0.2) is 69.0 Å². The van der Waals surface area contributed by atoms with E-state index in [1.54, 1.807) is 11.8 Å². The van der Waals surface area contributed by atoms with E-state index in [0.29, 0.717) is 30.4 Å². The van der Waals surface area contributed by atoms with Crippen LogP contribution in [0.5, 0.6) is 0 Å². The highest BCUT2D eigenvalue weighted by molar-refractivity contribution is 5.95. The van der Waals surface area contributed by atoms with E-state index in [1.165, 1.54) is 44.6 Å². The normalized spacial score (nSPS) is 29.7. The molecule has 1 amide bonds. The van der Waals surface area contributed by atoms with Crippen LogP contribution in [0.2, 0.25) is 0 Å². The molecule has 3 heterocycles. The number of carbonyl (C=O) groups is 2. The Bertz CT molecular complexity index is 718. The lowest BCUT2D eigenvalue weighted by molar-refractivity contribution is -0.148. The Kier molecular flexibility index (Phi) is 4.42. The quantitative estimate of drug-likeness (QED) is 0.883. The van der Waals surface area contributed by atoms with Gasteiger partial charge in [-0.3, -0.25) is 14.5 Å². The van der Waals surface area contributed by atoms with Crippen molar-refractivity contribution in [3.8, 4) is 0 Å². The number of hydrogen-bond donors (Lipinski definition) is 1. The zero-order valence-electron chi connectivity index (χ0n) is 15.2. The molecule has 0 aromatic carbocycles. The Labute approximate surface area is 153 Å². The van der Waals surface area contributed by atoms with E-state index in [0.717, 1.165) is 6.54 Å². The number of nitrogens with zero attached hydrogens (tertiary/aromatic N) is 4. The third kappa shape index (κ3) is 2.78. The predicted octanol–water partition coefficient (Wildman–Crippen LogP) is 1.58. The summed E-state index contributed by atoms with van der Waals surface area (Å²) >= 11 is 0. The first-order valence-corrected chi connectivity index (χ1v) is 9.54. The Balaban J connectivity index is 1.53. The molecule has 26 heavy (non-hydrogen) atoms. The second-order valence-corrected chi connectivity index (χ2v) is 8.09. The molecule has 3 aliphatic rings. The summed E-state index contributed by atoms with van der Waals surface area (Å²) in [5, 5.41) is 10.0. The van der Waals surface area contributed by atoms with Crippen LogP contribution in [0.4, 0.5) is 0 Å². The standard InChI is InChI=1S/C19H26N4O3/c1-13-16(7-20-12-21-13)17(24)23-9-14-8-22(15-5-3-2-4-6-15)10-19(14,11-23)18(25)26/h7,12,14-15H,2-6,8-11H2,1H3,(H,25,26)/t14-,19-/m0/s1. The Morgan fingerprint density at radius 1 is 1.19 bits per heavy atom. The van der Waals surface area contributed by atoms with Gasteiger partial charge in [0.05, 0.1) is 11.3 Å². The molecule has 2 saturated heterocycles. The predicted molar refractivity (Wildman–Crippen MR) is 94.7 cm³/mol. The van der Waals surface area contributed by atoms with Crippen molar-refractivity contribution in [1.82, 2.24) is 19.8 Å². The molecule has 3 fully saturated rings. The van der Waals surface area contributed by atoms with Crippen LogP contribution in [0.3, 0.4) is 0 Å². The Morgan fingerprint density at radius 2 is 1.96 bits per heavy atom. The maximum Gasteiger partial charge on any atom is 0.313 e. The maximum atomic E-state index is 12.9. The molecule has 1 aromatic heterocycles.